The summed E-state index contributed by atoms with van der Waals surface area (Å²) in [5, 5.41) is 27.7. The molecule has 5 aromatic rings. The highest BCUT2D eigenvalue weighted by atomic mass is 16.4. The van der Waals surface area contributed by atoms with E-state index < -0.39 is 24.0 Å². The number of rotatable bonds is 10. The molecule has 6 N–H and O–H groups in total. The van der Waals surface area contributed by atoms with Gasteiger partial charge in [-0.15, -0.1) is 0 Å². The van der Waals surface area contributed by atoms with Crippen molar-refractivity contribution in [1.82, 2.24) is 9.97 Å². The van der Waals surface area contributed by atoms with Gasteiger partial charge in [0.25, 0.3) is 0 Å². The number of aromatic nitrogens is 2. The van der Waals surface area contributed by atoms with Gasteiger partial charge in [0.2, 0.25) is 0 Å². The van der Waals surface area contributed by atoms with Gasteiger partial charge in [-0.3, -0.25) is 0 Å². The van der Waals surface area contributed by atoms with Crippen molar-refractivity contribution >= 4 is 45.1 Å². The van der Waals surface area contributed by atoms with Crippen LogP contribution >= 0.6 is 0 Å². The van der Waals surface area contributed by atoms with E-state index in [9.17, 15) is 19.8 Å². The minimum Gasteiger partial charge on any atom is -0.480 e. The number of benzene rings is 3. The lowest BCUT2D eigenvalue weighted by Crippen LogP contribution is -2.32. The number of hydrogen-bond donors (Lipinski definition) is 6. The van der Waals surface area contributed by atoms with Crippen molar-refractivity contribution in [2.45, 2.75) is 24.9 Å². The molecule has 36 heavy (non-hydrogen) atoms. The third-order valence-electron chi connectivity index (χ3n) is 6.36. The molecule has 0 fully saturated rings. The van der Waals surface area contributed by atoms with Crippen molar-refractivity contribution in [1.29, 1.82) is 0 Å². The maximum atomic E-state index is 11.9. The number of carboxylic acids is 2. The minimum absolute atomic E-state index is 0.311. The molecule has 3 aromatic carbocycles. The second-order valence-corrected chi connectivity index (χ2v) is 8.77. The Bertz CT molecular complexity index is 1400. The lowest BCUT2D eigenvalue weighted by molar-refractivity contribution is -0.138. The Morgan fingerprint density at radius 2 is 1.03 bits per heavy atom. The third kappa shape index (κ3) is 4.88. The third-order valence-corrected chi connectivity index (χ3v) is 6.36. The Balaban J connectivity index is 1.27. The zero-order valence-corrected chi connectivity index (χ0v) is 19.4. The first-order chi connectivity index (χ1) is 17.5. The smallest absolute Gasteiger partial charge is 0.326 e. The van der Waals surface area contributed by atoms with Crippen LogP contribution in [0.25, 0.3) is 21.8 Å². The van der Waals surface area contributed by atoms with E-state index >= 15 is 0 Å². The molecule has 0 saturated heterocycles. The summed E-state index contributed by atoms with van der Waals surface area (Å²) < 4.78 is 0. The standard InChI is InChI=1S/C28H26N4O4/c33-27(34)25(13-17-15-29-23-7-3-1-5-21(17)23)31-19-9-11-20(12-10-19)32-26(28(35)36)14-18-16-30-24-8-4-2-6-22(18)24/h1-12,15-16,25-26,29-32H,13-14H2,(H,33,34)(H,35,36)/t25-,26-/m0/s1. The molecule has 0 unspecified atom stereocenters. The average molecular weight is 483 g/mol. The fourth-order valence-corrected chi connectivity index (χ4v) is 4.51. The summed E-state index contributed by atoms with van der Waals surface area (Å²) in [5.41, 5.74) is 5.05. The molecule has 0 aliphatic carbocycles. The van der Waals surface area contributed by atoms with Gasteiger partial charge in [0.1, 0.15) is 12.1 Å². The van der Waals surface area contributed by atoms with Crippen LogP contribution in [0.3, 0.4) is 0 Å². The molecule has 0 spiro atoms. The number of nitrogens with one attached hydrogen (secondary N) is 4. The first-order valence-corrected chi connectivity index (χ1v) is 11.7. The van der Waals surface area contributed by atoms with Crippen molar-refractivity contribution in [3.63, 3.8) is 0 Å². The van der Waals surface area contributed by atoms with Crippen molar-refractivity contribution in [3.05, 3.63) is 96.3 Å². The Kier molecular flexibility index (Phi) is 6.32. The van der Waals surface area contributed by atoms with Crippen LogP contribution in [0.1, 0.15) is 11.1 Å². The van der Waals surface area contributed by atoms with E-state index in [1.807, 2.05) is 60.9 Å². The quantitative estimate of drug-likeness (QED) is 0.169. The summed E-state index contributed by atoms with van der Waals surface area (Å²) >= 11 is 0. The lowest BCUT2D eigenvalue weighted by Gasteiger charge is -2.18. The highest BCUT2D eigenvalue weighted by Gasteiger charge is 2.21. The molecule has 2 aromatic heterocycles. The van der Waals surface area contributed by atoms with Gasteiger partial charge in [-0.05, 0) is 47.5 Å². The number of hydrogen-bond acceptors (Lipinski definition) is 4. The summed E-state index contributed by atoms with van der Waals surface area (Å²) in [5.74, 6) is -1.90. The maximum Gasteiger partial charge on any atom is 0.326 e. The first kappa shape index (κ1) is 23.0. The summed E-state index contributed by atoms with van der Waals surface area (Å²) in [6.07, 6.45) is 4.31. The SMILES string of the molecule is O=C(O)[C@H](Cc1c[nH]c2ccccc12)Nc1ccc(N[C@@H](Cc2c[nH]c3ccccc23)C(=O)O)cc1. The number of carboxylic acid groups (broad SMARTS) is 2. The number of aliphatic carboxylic acids is 2. The van der Waals surface area contributed by atoms with Gasteiger partial charge in [-0.25, -0.2) is 9.59 Å². The van der Waals surface area contributed by atoms with E-state index in [1.54, 1.807) is 24.3 Å². The molecule has 0 radical (unpaired) electrons. The average Bonchev–Trinajstić information content (AvgIpc) is 3.48. The van der Waals surface area contributed by atoms with Crippen LogP contribution in [-0.2, 0) is 22.4 Å². The number of aromatic amines is 2. The molecule has 0 aliphatic heterocycles. The Hall–Kier alpha value is -4.72. The highest BCUT2D eigenvalue weighted by Crippen LogP contribution is 2.23. The van der Waals surface area contributed by atoms with Gasteiger partial charge in [0, 0.05) is 58.4 Å². The number of anilines is 2. The number of H-pyrrole nitrogens is 2. The second kappa shape index (κ2) is 9.87. The van der Waals surface area contributed by atoms with E-state index in [1.165, 1.54) is 0 Å². The predicted molar refractivity (Wildman–Crippen MR) is 141 cm³/mol. The first-order valence-electron chi connectivity index (χ1n) is 11.7. The van der Waals surface area contributed by atoms with Crippen LogP contribution in [0, 0.1) is 0 Å². The summed E-state index contributed by atoms with van der Waals surface area (Å²) in [4.78, 5) is 30.2. The van der Waals surface area contributed by atoms with E-state index in [0.717, 1.165) is 32.9 Å². The van der Waals surface area contributed by atoms with Gasteiger partial charge < -0.3 is 30.8 Å². The zero-order chi connectivity index (χ0) is 25.1. The molecule has 5 rings (SSSR count). The number of para-hydroxylation sites is 2. The van der Waals surface area contributed by atoms with E-state index in [4.69, 9.17) is 0 Å². The zero-order valence-electron chi connectivity index (χ0n) is 19.4. The number of carbonyl (C=O) groups is 2. The Labute approximate surface area is 207 Å². The van der Waals surface area contributed by atoms with Gasteiger partial charge in [-0.1, -0.05) is 36.4 Å². The van der Waals surface area contributed by atoms with Gasteiger partial charge >= 0.3 is 11.9 Å². The highest BCUT2D eigenvalue weighted by molar-refractivity contribution is 5.86. The largest absolute Gasteiger partial charge is 0.480 e. The minimum atomic E-state index is -0.952. The van der Waals surface area contributed by atoms with Crippen LogP contribution in [0.2, 0.25) is 0 Å². The van der Waals surface area contributed by atoms with Gasteiger partial charge in [0.15, 0.2) is 0 Å². The molecule has 2 heterocycles. The molecule has 0 amide bonds. The molecule has 8 nitrogen and oxygen atoms in total. The van der Waals surface area contributed by atoms with Crippen LogP contribution < -0.4 is 10.6 Å². The van der Waals surface area contributed by atoms with E-state index in [-0.39, 0.29) is 0 Å². The van der Waals surface area contributed by atoms with E-state index in [2.05, 4.69) is 20.6 Å². The predicted octanol–water partition coefficient (Wildman–Crippen LogP) is 4.86. The fourth-order valence-electron chi connectivity index (χ4n) is 4.51. The topological polar surface area (TPSA) is 130 Å². The molecule has 182 valence electrons. The Morgan fingerprint density at radius 1 is 0.639 bits per heavy atom. The molecule has 0 bridgehead atoms. The summed E-state index contributed by atoms with van der Waals surface area (Å²) in [6, 6.07) is 20.9. The molecule has 2 atom stereocenters. The van der Waals surface area contributed by atoms with Crippen LogP contribution in [-0.4, -0.2) is 44.2 Å². The van der Waals surface area contributed by atoms with Crippen molar-refractivity contribution in [3.8, 4) is 0 Å². The monoisotopic (exact) mass is 482 g/mol. The Morgan fingerprint density at radius 3 is 1.42 bits per heavy atom. The molecule has 0 saturated carbocycles. The molecule has 8 heteroatoms. The van der Waals surface area contributed by atoms with Crippen molar-refractivity contribution < 1.29 is 19.8 Å². The van der Waals surface area contributed by atoms with Gasteiger partial charge in [0.05, 0.1) is 0 Å². The summed E-state index contributed by atoms with van der Waals surface area (Å²) in [7, 11) is 0. The molecular weight excluding hydrogens is 456 g/mol. The molecular formula is C28H26N4O4. The fraction of sp³-hybridized carbons (Fsp3) is 0.143. The summed E-state index contributed by atoms with van der Waals surface area (Å²) in [6.45, 7) is 0. The van der Waals surface area contributed by atoms with E-state index in [0.29, 0.717) is 24.2 Å². The normalized spacial score (nSPS) is 12.9. The van der Waals surface area contributed by atoms with Gasteiger partial charge in [-0.2, -0.15) is 0 Å². The van der Waals surface area contributed by atoms with Crippen LogP contribution in [0.15, 0.2) is 85.2 Å². The van der Waals surface area contributed by atoms with Crippen molar-refractivity contribution in [2.24, 2.45) is 0 Å². The van der Waals surface area contributed by atoms with Crippen LogP contribution in [0.4, 0.5) is 11.4 Å². The lowest BCUT2D eigenvalue weighted by atomic mass is 10.0. The second-order valence-electron chi connectivity index (χ2n) is 8.77. The maximum absolute atomic E-state index is 11.9. The number of fused-ring (bicyclic) bond motifs is 2. The van der Waals surface area contributed by atoms with Crippen molar-refractivity contribution in [2.75, 3.05) is 10.6 Å². The van der Waals surface area contributed by atoms with Crippen LogP contribution in [0.5, 0.6) is 0 Å². The molecule has 0 aliphatic rings.